The number of hydrogen-bond acceptors (Lipinski definition) is 4. The van der Waals surface area contributed by atoms with Crippen LogP contribution in [-0.2, 0) is 9.53 Å². The van der Waals surface area contributed by atoms with E-state index in [4.69, 9.17) is 4.74 Å². The number of amides is 2. The minimum absolute atomic E-state index is 0.155. The predicted molar refractivity (Wildman–Crippen MR) is 77.0 cm³/mol. The van der Waals surface area contributed by atoms with Gasteiger partial charge in [-0.15, -0.1) is 0 Å². The van der Waals surface area contributed by atoms with Gasteiger partial charge in [0.2, 0.25) is 0 Å². The number of nitrogens with zero attached hydrogens (tertiary/aromatic N) is 1. The second-order valence-electron chi connectivity index (χ2n) is 6.64. The van der Waals surface area contributed by atoms with Gasteiger partial charge in [-0.2, -0.15) is 0 Å². The first-order valence-corrected chi connectivity index (χ1v) is 7.08. The van der Waals surface area contributed by atoms with Crippen LogP contribution in [0.2, 0.25) is 0 Å². The molecule has 0 radical (unpaired) electrons. The third-order valence-corrected chi connectivity index (χ3v) is 4.33. The minimum Gasteiger partial charge on any atom is -0.481 e. The average molecular weight is 302 g/mol. The highest BCUT2D eigenvalue weighted by atomic mass is 16.5. The van der Waals surface area contributed by atoms with E-state index in [0.29, 0.717) is 6.54 Å². The first kappa shape index (κ1) is 17.7. The number of carboxylic acid groups (broad SMARTS) is 1. The van der Waals surface area contributed by atoms with E-state index in [1.807, 2.05) is 6.92 Å². The Morgan fingerprint density at radius 3 is 2.33 bits per heavy atom. The van der Waals surface area contributed by atoms with Crippen molar-refractivity contribution < 1.29 is 24.5 Å². The molecule has 7 nitrogen and oxygen atoms in total. The third-order valence-electron chi connectivity index (χ3n) is 4.33. The van der Waals surface area contributed by atoms with Crippen molar-refractivity contribution in [2.45, 2.75) is 52.4 Å². The van der Waals surface area contributed by atoms with E-state index in [9.17, 15) is 19.8 Å². The predicted octanol–water partition coefficient (Wildman–Crippen LogP) is 0.667. The van der Waals surface area contributed by atoms with E-state index in [1.54, 1.807) is 32.6 Å². The Bertz CT molecular complexity index is 408. The number of aliphatic carboxylic acids is 1. The zero-order chi connectivity index (χ0) is 16.4. The first-order chi connectivity index (χ1) is 9.51. The van der Waals surface area contributed by atoms with Crippen LogP contribution in [0.15, 0.2) is 0 Å². The van der Waals surface area contributed by atoms with Crippen LogP contribution in [-0.4, -0.2) is 64.6 Å². The van der Waals surface area contributed by atoms with Gasteiger partial charge >= 0.3 is 12.0 Å². The van der Waals surface area contributed by atoms with E-state index >= 15 is 0 Å². The maximum Gasteiger partial charge on any atom is 0.318 e. The highest BCUT2D eigenvalue weighted by molar-refractivity contribution is 5.79. The third kappa shape index (κ3) is 3.85. The summed E-state index contributed by atoms with van der Waals surface area (Å²) in [5.41, 5.74) is -2.04. The normalized spacial score (nSPS) is 23.8. The van der Waals surface area contributed by atoms with Gasteiger partial charge in [-0.3, -0.25) is 4.79 Å². The van der Waals surface area contributed by atoms with Crippen LogP contribution >= 0.6 is 0 Å². The molecule has 1 aliphatic heterocycles. The highest BCUT2D eigenvalue weighted by Gasteiger charge is 2.45. The molecule has 0 spiro atoms. The van der Waals surface area contributed by atoms with Gasteiger partial charge in [-0.05, 0) is 34.6 Å². The number of urea groups is 1. The molecule has 3 N–H and O–H groups in total. The maximum absolute atomic E-state index is 12.4. The molecule has 0 saturated carbocycles. The Morgan fingerprint density at radius 2 is 1.86 bits per heavy atom. The number of aliphatic hydroxyl groups is 1. The number of nitrogens with one attached hydrogen (secondary N) is 1. The Hall–Kier alpha value is -1.34. The summed E-state index contributed by atoms with van der Waals surface area (Å²) >= 11 is 0. The van der Waals surface area contributed by atoms with Crippen molar-refractivity contribution in [2.24, 2.45) is 5.41 Å². The van der Waals surface area contributed by atoms with E-state index in [0.717, 1.165) is 0 Å². The SMILES string of the molecule is CC1CN(C(=O)NC(C)(C)C(C)(C)C(=O)O)CC(CO)O1. The van der Waals surface area contributed by atoms with Crippen LogP contribution in [0.3, 0.4) is 0 Å². The molecule has 1 fully saturated rings. The fraction of sp³-hybridized carbons (Fsp3) is 0.857. The molecule has 0 aliphatic carbocycles. The lowest BCUT2D eigenvalue weighted by atomic mass is 9.74. The van der Waals surface area contributed by atoms with E-state index in [1.165, 1.54) is 0 Å². The summed E-state index contributed by atoms with van der Waals surface area (Å²) in [5, 5.41) is 21.3. The van der Waals surface area contributed by atoms with Crippen LogP contribution < -0.4 is 5.32 Å². The number of aliphatic hydroxyl groups excluding tert-OH is 1. The summed E-state index contributed by atoms with van der Waals surface area (Å²) in [6.07, 6.45) is -0.577. The molecule has 0 bridgehead atoms. The molecule has 1 aliphatic rings. The standard InChI is InChI=1S/C14H26N2O5/c1-9-6-16(7-10(8-17)21-9)12(20)15-14(4,5)13(2,3)11(18)19/h9-10,17H,6-8H2,1-5H3,(H,15,20)(H,18,19). The van der Waals surface area contributed by atoms with E-state index in [2.05, 4.69) is 5.32 Å². The molecule has 2 atom stereocenters. The number of carbonyl (C=O) groups is 2. The average Bonchev–Trinajstić information content (AvgIpc) is 2.36. The van der Waals surface area contributed by atoms with Crippen molar-refractivity contribution in [1.82, 2.24) is 10.2 Å². The van der Waals surface area contributed by atoms with Crippen LogP contribution in [0.25, 0.3) is 0 Å². The number of rotatable bonds is 4. The monoisotopic (exact) mass is 302 g/mol. The van der Waals surface area contributed by atoms with Crippen molar-refractivity contribution in [1.29, 1.82) is 0 Å². The van der Waals surface area contributed by atoms with Gasteiger partial charge in [0.05, 0.1) is 36.3 Å². The number of carboxylic acids is 1. The topological polar surface area (TPSA) is 99.1 Å². The van der Waals surface area contributed by atoms with Gasteiger partial charge in [0.1, 0.15) is 0 Å². The highest BCUT2D eigenvalue weighted by Crippen LogP contribution is 2.31. The second kappa shape index (κ2) is 6.19. The van der Waals surface area contributed by atoms with Gasteiger partial charge in [0.15, 0.2) is 0 Å². The van der Waals surface area contributed by atoms with Crippen molar-refractivity contribution in [3.05, 3.63) is 0 Å². The molecule has 1 saturated heterocycles. The summed E-state index contributed by atoms with van der Waals surface area (Å²) in [5.74, 6) is -0.976. The summed E-state index contributed by atoms with van der Waals surface area (Å²) in [4.78, 5) is 25.3. The first-order valence-electron chi connectivity index (χ1n) is 7.08. The number of ether oxygens (including phenoxy) is 1. The molecule has 2 unspecified atom stereocenters. The van der Waals surface area contributed by atoms with Crippen LogP contribution in [0, 0.1) is 5.41 Å². The molecular formula is C14H26N2O5. The number of carbonyl (C=O) groups excluding carboxylic acids is 1. The van der Waals surface area contributed by atoms with Crippen molar-refractivity contribution in [2.75, 3.05) is 19.7 Å². The molecule has 0 aromatic heterocycles. The molecule has 21 heavy (non-hydrogen) atoms. The zero-order valence-electron chi connectivity index (χ0n) is 13.3. The van der Waals surface area contributed by atoms with Gasteiger partial charge in [-0.25, -0.2) is 4.79 Å². The lowest BCUT2D eigenvalue weighted by Gasteiger charge is -2.42. The lowest BCUT2D eigenvalue weighted by molar-refractivity contribution is -0.150. The fourth-order valence-electron chi connectivity index (χ4n) is 2.08. The van der Waals surface area contributed by atoms with Crippen molar-refractivity contribution in [3.8, 4) is 0 Å². The van der Waals surface area contributed by atoms with Gasteiger partial charge in [0, 0.05) is 6.54 Å². The molecule has 122 valence electrons. The summed E-state index contributed by atoms with van der Waals surface area (Å²) in [6, 6.07) is -0.345. The molecular weight excluding hydrogens is 276 g/mol. The van der Waals surface area contributed by atoms with E-state index in [-0.39, 0.29) is 25.3 Å². The van der Waals surface area contributed by atoms with Crippen LogP contribution in [0.4, 0.5) is 4.79 Å². The zero-order valence-corrected chi connectivity index (χ0v) is 13.3. The molecule has 1 heterocycles. The molecule has 1 rings (SSSR count). The summed E-state index contributed by atoms with van der Waals surface area (Å²) in [6.45, 7) is 8.90. The van der Waals surface area contributed by atoms with Gasteiger partial charge < -0.3 is 25.2 Å². The van der Waals surface area contributed by atoms with Crippen molar-refractivity contribution >= 4 is 12.0 Å². The largest absolute Gasteiger partial charge is 0.481 e. The second-order valence-corrected chi connectivity index (χ2v) is 6.64. The molecule has 0 aromatic carbocycles. The Labute approximate surface area is 125 Å². The Morgan fingerprint density at radius 1 is 1.29 bits per heavy atom. The van der Waals surface area contributed by atoms with Gasteiger partial charge in [-0.1, -0.05) is 0 Å². The molecule has 7 heteroatoms. The lowest BCUT2D eigenvalue weighted by Crippen LogP contribution is -2.62. The quantitative estimate of drug-likeness (QED) is 0.709. The fourth-order valence-corrected chi connectivity index (χ4v) is 2.08. The minimum atomic E-state index is -1.11. The smallest absolute Gasteiger partial charge is 0.318 e. The number of morpholine rings is 1. The van der Waals surface area contributed by atoms with Crippen molar-refractivity contribution in [3.63, 3.8) is 0 Å². The van der Waals surface area contributed by atoms with Crippen LogP contribution in [0.5, 0.6) is 0 Å². The molecule has 0 aromatic rings. The Balaban J connectivity index is 2.78. The van der Waals surface area contributed by atoms with Crippen LogP contribution in [0.1, 0.15) is 34.6 Å². The molecule has 2 amide bonds. The van der Waals surface area contributed by atoms with E-state index < -0.39 is 23.0 Å². The summed E-state index contributed by atoms with van der Waals surface area (Å²) < 4.78 is 5.49. The number of hydrogen-bond donors (Lipinski definition) is 3. The Kier molecular flexibility index (Phi) is 5.22. The summed E-state index contributed by atoms with van der Waals surface area (Å²) in [7, 11) is 0. The maximum atomic E-state index is 12.4. The van der Waals surface area contributed by atoms with Gasteiger partial charge in [0.25, 0.3) is 0 Å².